The van der Waals surface area contributed by atoms with E-state index in [0.717, 1.165) is 5.56 Å². The number of aliphatic hydroxyl groups excluding tert-OH is 1. The fourth-order valence-electron chi connectivity index (χ4n) is 1.86. The molecule has 0 aliphatic heterocycles. The van der Waals surface area contributed by atoms with Gasteiger partial charge in [0, 0.05) is 17.8 Å². The van der Waals surface area contributed by atoms with Crippen LogP contribution >= 0.6 is 0 Å². The van der Waals surface area contributed by atoms with Crippen LogP contribution in [0.3, 0.4) is 0 Å². The van der Waals surface area contributed by atoms with Crippen LogP contribution in [0.25, 0.3) is 0 Å². The molecule has 0 radical (unpaired) electrons. The quantitative estimate of drug-likeness (QED) is 0.832. The van der Waals surface area contributed by atoms with Gasteiger partial charge in [-0.25, -0.2) is 0 Å². The van der Waals surface area contributed by atoms with Crippen molar-refractivity contribution in [3.05, 3.63) is 28.8 Å². The van der Waals surface area contributed by atoms with Crippen molar-refractivity contribution >= 4 is 11.6 Å². The number of nitrogens with zero attached hydrogens (tertiary/aromatic N) is 1. The summed E-state index contributed by atoms with van der Waals surface area (Å²) in [5.41, 5.74) is 7.45. The first kappa shape index (κ1) is 16.3. The van der Waals surface area contributed by atoms with E-state index < -0.39 is 25.2 Å². The van der Waals surface area contributed by atoms with Crippen LogP contribution in [-0.4, -0.2) is 41.8 Å². The highest BCUT2D eigenvalue weighted by molar-refractivity contribution is 5.96. The number of hydrogen-bond acceptors (Lipinski definition) is 3. The SMILES string of the molecule is Cc1cc(C)c(C(=O)N(CCO)CC(F)(F)F)cc1N. The Balaban J connectivity index is 3.09. The highest BCUT2D eigenvalue weighted by atomic mass is 19.4. The van der Waals surface area contributed by atoms with E-state index in [1.165, 1.54) is 6.07 Å². The van der Waals surface area contributed by atoms with Crippen molar-refractivity contribution in [2.24, 2.45) is 0 Å². The van der Waals surface area contributed by atoms with E-state index in [4.69, 9.17) is 10.8 Å². The van der Waals surface area contributed by atoms with E-state index in [9.17, 15) is 18.0 Å². The summed E-state index contributed by atoms with van der Waals surface area (Å²) in [5.74, 6) is -0.791. The highest BCUT2D eigenvalue weighted by Gasteiger charge is 2.33. The average molecular weight is 290 g/mol. The molecule has 3 N–H and O–H groups in total. The van der Waals surface area contributed by atoms with Gasteiger partial charge in [-0.1, -0.05) is 6.07 Å². The number of amides is 1. The van der Waals surface area contributed by atoms with Gasteiger partial charge in [0.25, 0.3) is 5.91 Å². The van der Waals surface area contributed by atoms with Gasteiger partial charge in [-0.05, 0) is 31.0 Å². The van der Waals surface area contributed by atoms with Crippen LogP contribution in [0.15, 0.2) is 12.1 Å². The Bertz CT molecular complexity index is 501. The molecule has 0 aromatic heterocycles. The molecule has 0 aliphatic carbocycles. The number of halogens is 3. The number of alkyl halides is 3. The fraction of sp³-hybridized carbons (Fsp3) is 0.462. The molecule has 0 atom stereocenters. The van der Waals surface area contributed by atoms with E-state index in [1.807, 2.05) is 0 Å². The molecule has 0 bridgehead atoms. The molecule has 7 heteroatoms. The minimum absolute atomic E-state index is 0.116. The van der Waals surface area contributed by atoms with Crippen molar-refractivity contribution in [3.8, 4) is 0 Å². The smallest absolute Gasteiger partial charge is 0.398 e. The summed E-state index contributed by atoms with van der Waals surface area (Å²) in [6, 6.07) is 3.01. The standard InChI is InChI=1S/C13H17F3N2O2/c1-8-5-9(2)11(17)6-10(8)12(20)18(3-4-19)7-13(14,15)16/h5-6,19H,3-4,7,17H2,1-2H3. The number of nitrogen functional groups attached to an aromatic ring is 1. The lowest BCUT2D eigenvalue weighted by molar-refractivity contribution is -0.141. The zero-order valence-electron chi connectivity index (χ0n) is 11.3. The monoisotopic (exact) mass is 290 g/mol. The first-order valence-electron chi connectivity index (χ1n) is 5.99. The maximum atomic E-state index is 12.4. The van der Waals surface area contributed by atoms with Gasteiger partial charge >= 0.3 is 6.18 Å². The summed E-state index contributed by atoms with van der Waals surface area (Å²) in [7, 11) is 0. The van der Waals surface area contributed by atoms with E-state index in [2.05, 4.69) is 0 Å². The molecule has 1 rings (SSSR count). The lowest BCUT2D eigenvalue weighted by Crippen LogP contribution is -2.41. The van der Waals surface area contributed by atoms with Gasteiger partial charge in [-0.2, -0.15) is 13.2 Å². The molecule has 20 heavy (non-hydrogen) atoms. The predicted octanol–water partition coefficient (Wildman–Crippen LogP) is 1.88. The second-order valence-corrected chi connectivity index (χ2v) is 4.59. The van der Waals surface area contributed by atoms with Crippen LogP contribution in [0.1, 0.15) is 21.5 Å². The Kier molecular flexibility index (Phi) is 4.99. The first-order valence-corrected chi connectivity index (χ1v) is 5.99. The minimum Gasteiger partial charge on any atom is -0.398 e. The fourth-order valence-corrected chi connectivity index (χ4v) is 1.86. The second kappa shape index (κ2) is 6.13. The minimum atomic E-state index is -4.52. The zero-order chi connectivity index (χ0) is 15.5. The van der Waals surface area contributed by atoms with Crippen molar-refractivity contribution in [3.63, 3.8) is 0 Å². The molecule has 1 amide bonds. The number of carbonyl (C=O) groups is 1. The van der Waals surface area contributed by atoms with Gasteiger partial charge in [-0.15, -0.1) is 0 Å². The van der Waals surface area contributed by atoms with E-state index in [0.29, 0.717) is 16.2 Å². The van der Waals surface area contributed by atoms with Crippen LogP contribution in [0.2, 0.25) is 0 Å². The number of aliphatic hydroxyl groups is 1. The van der Waals surface area contributed by atoms with Crippen molar-refractivity contribution in [1.29, 1.82) is 0 Å². The number of hydrogen-bond donors (Lipinski definition) is 2. The average Bonchev–Trinajstić information content (AvgIpc) is 2.31. The van der Waals surface area contributed by atoms with Gasteiger partial charge in [0.2, 0.25) is 0 Å². The van der Waals surface area contributed by atoms with Crippen molar-refractivity contribution in [2.45, 2.75) is 20.0 Å². The van der Waals surface area contributed by atoms with Crippen LogP contribution in [-0.2, 0) is 0 Å². The number of aryl methyl sites for hydroxylation is 2. The highest BCUT2D eigenvalue weighted by Crippen LogP contribution is 2.22. The summed E-state index contributed by atoms with van der Waals surface area (Å²) in [4.78, 5) is 12.7. The zero-order valence-corrected chi connectivity index (χ0v) is 11.3. The Morgan fingerprint density at radius 1 is 1.30 bits per heavy atom. The normalized spacial score (nSPS) is 11.5. The lowest BCUT2D eigenvalue weighted by Gasteiger charge is -2.24. The molecule has 0 saturated carbocycles. The molecule has 0 heterocycles. The molecule has 1 aromatic carbocycles. The van der Waals surface area contributed by atoms with Gasteiger partial charge in [-0.3, -0.25) is 4.79 Å². The molecule has 112 valence electrons. The molecular weight excluding hydrogens is 273 g/mol. The van der Waals surface area contributed by atoms with E-state index in [-0.39, 0.29) is 12.1 Å². The summed E-state index contributed by atoms with van der Waals surface area (Å²) in [5, 5.41) is 8.81. The van der Waals surface area contributed by atoms with Gasteiger partial charge in [0.1, 0.15) is 6.54 Å². The largest absolute Gasteiger partial charge is 0.406 e. The van der Waals surface area contributed by atoms with Crippen LogP contribution in [0.4, 0.5) is 18.9 Å². The third kappa shape index (κ3) is 4.12. The molecule has 1 aromatic rings. The van der Waals surface area contributed by atoms with Crippen molar-refractivity contribution in [1.82, 2.24) is 4.90 Å². The second-order valence-electron chi connectivity index (χ2n) is 4.59. The third-order valence-corrected chi connectivity index (χ3v) is 2.87. The number of benzene rings is 1. The third-order valence-electron chi connectivity index (χ3n) is 2.87. The maximum absolute atomic E-state index is 12.4. The predicted molar refractivity (Wildman–Crippen MR) is 69.4 cm³/mol. The van der Waals surface area contributed by atoms with Crippen LogP contribution < -0.4 is 5.73 Å². The van der Waals surface area contributed by atoms with E-state index >= 15 is 0 Å². The van der Waals surface area contributed by atoms with E-state index in [1.54, 1.807) is 19.9 Å². The summed E-state index contributed by atoms with van der Waals surface area (Å²) in [6.45, 7) is 1.05. The summed E-state index contributed by atoms with van der Waals surface area (Å²) in [6.07, 6.45) is -4.52. The van der Waals surface area contributed by atoms with Gasteiger partial charge in [0.05, 0.1) is 6.61 Å². The first-order chi connectivity index (χ1) is 9.15. The number of rotatable bonds is 4. The summed E-state index contributed by atoms with van der Waals surface area (Å²) >= 11 is 0. The Morgan fingerprint density at radius 3 is 2.40 bits per heavy atom. The molecule has 0 fully saturated rings. The molecule has 0 aliphatic rings. The van der Waals surface area contributed by atoms with Crippen molar-refractivity contribution < 1.29 is 23.1 Å². The summed E-state index contributed by atoms with van der Waals surface area (Å²) < 4.78 is 37.3. The molecular formula is C13H17F3N2O2. The topological polar surface area (TPSA) is 66.6 Å². The van der Waals surface area contributed by atoms with Gasteiger partial charge in [0.15, 0.2) is 0 Å². The molecule has 0 saturated heterocycles. The number of anilines is 1. The number of carbonyl (C=O) groups excluding carboxylic acids is 1. The lowest BCUT2D eigenvalue weighted by atomic mass is 10.0. The molecule has 0 spiro atoms. The molecule has 0 unspecified atom stereocenters. The van der Waals surface area contributed by atoms with Crippen molar-refractivity contribution in [2.75, 3.05) is 25.4 Å². The van der Waals surface area contributed by atoms with Gasteiger partial charge < -0.3 is 15.7 Å². The number of nitrogens with two attached hydrogens (primary N) is 1. The van der Waals surface area contributed by atoms with Crippen LogP contribution in [0, 0.1) is 13.8 Å². The van der Waals surface area contributed by atoms with Crippen LogP contribution in [0.5, 0.6) is 0 Å². The maximum Gasteiger partial charge on any atom is 0.406 e. The Labute approximate surface area is 115 Å². The Hall–Kier alpha value is -1.76. The molecule has 4 nitrogen and oxygen atoms in total. The Morgan fingerprint density at radius 2 is 1.90 bits per heavy atom.